The fourth-order valence-electron chi connectivity index (χ4n) is 3.91. The Kier molecular flexibility index (Phi) is 6.62. The molecular weight excluding hydrogens is 390 g/mol. The van der Waals surface area contributed by atoms with Crippen LogP contribution in [0.25, 0.3) is 0 Å². The molecular formula is C24H29N5O2. The first-order valence-electron chi connectivity index (χ1n) is 10.8. The van der Waals surface area contributed by atoms with E-state index in [0.717, 1.165) is 44.2 Å². The van der Waals surface area contributed by atoms with E-state index >= 15 is 0 Å². The van der Waals surface area contributed by atoms with E-state index in [4.69, 9.17) is 4.74 Å². The Hall–Kier alpha value is -3.19. The second kappa shape index (κ2) is 9.75. The minimum absolute atomic E-state index is 0.0282. The van der Waals surface area contributed by atoms with E-state index in [1.165, 1.54) is 11.1 Å². The van der Waals surface area contributed by atoms with Crippen LogP contribution in [0.4, 0.5) is 0 Å². The van der Waals surface area contributed by atoms with Crippen LogP contribution >= 0.6 is 0 Å². The van der Waals surface area contributed by atoms with Crippen molar-refractivity contribution in [3.05, 3.63) is 77.4 Å². The number of aromatic nitrogens is 3. The van der Waals surface area contributed by atoms with Crippen LogP contribution in [0, 0.1) is 6.92 Å². The van der Waals surface area contributed by atoms with E-state index < -0.39 is 0 Å². The molecule has 7 heteroatoms. The number of hydrogen-bond donors (Lipinski definition) is 1. The van der Waals surface area contributed by atoms with Gasteiger partial charge in [0, 0.05) is 32.6 Å². The van der Waals surface area contributed by atoms with Gasteiger partial charge in [-0.1, -0.05) is 42.5 Å². The van der Waals surface area contributed by atoms with Crippen LogP contribution < -0.4 is 10.1 Å². The molecule has 0 saturated carbocycles. The summed E-state index contributed by atoms with van der Waals surface area (Å²) in [4.78, 5) is 14.8. The van der Waals surface area contributed by atoms with Gasteiger partial charge in [-0.2, -0.15) is 0 Å². The zero-order valence-electron chi connectivity index (χ0n) is 18.1. The van der Waals surface area contributed by atoms with Crippen LogP contribution in [0.3, 0.4) is 0 Å². The lowest BCUT2D eigenvalue weighted by molar-refractivity contribution is -0.123. The summed E-state index contributed by atoms with van der Waals surface area (Å²) in [5.74, 6) is 2.27. The van der Waals surface area contributed by atoms with Gasteiger partial charge in [-0.25, -0.2) is 0 Å². The van der Waals surface area contributed by atoms with Crippen molar-refractivity contribution < 1.29 is 9.53 Å². The third-order valence-electron chi connectivity index (χ3n) is 5.68. The second-order valence-corrected chi connectivity index (χ2v) is 7.97. The number of benzene rings is 2. The lowest BCUT2D eigenvalue weighted by Gasteiger charge is -2.21. The molecule has 7 nitrogen and oxygen atoms in total. The molecule has 0 fully saturated rings. The molecule has 0 spiro atoms. The molecule has 1 aliphatic heterocycles. The zero-order valence-corrected chi connectivity index (χ0v) is 18.1. The van der Waals surface area contributed by atoms with E-state index in [-0.39, 0.29) is 18.6 Å². The lowest BCUT2D eigenvalue weighted by atomic mass is 10.1. The number of para-hydroxylation sites is 1. The SMILES string of the molecule is Cc1ccccc1CN1CCc2nnc([C@H](C)NC(=O)COc3ccccc3)n2CC1. The molecule has 1 N–H and O–H groups in total. The molecule has 4 rings (SSSR count). The van der Waals surface area contributed by atoms with Gasteiger partial charge in [-0.3, -0.25) is 9.69 Å². The van der Waals surface area contributed by atoms with Gasteiger partial charge in [0.15, 0.2) is 12.4 Å². The molecule has 0 bridgehead atoms. The smallest absolute Gasteiger partial charge is 0.258 e. The molecule has 0 saturated heterocycles. The average Bonchev–Trinajstić information content (AvgIpc) is 3.09. The summed E-state index contributed by atoms with van der Waals surface area (Å²) in [6.07, 6.45) is 0.844. The molecule has 0 radical (unpaired) electrons. The summed E-state index contributed by atoms with van der Waals surface area (Å²) in [6.45, 7) is 7.68. The predicted octanol–water partition coefficient (Wildman–Crippen LogP) is 2.90. The number of aryl methyl sites for hydroxylation is 1. The highest BCUT2D eigenvalue weighted by atomic mass is 16.5. The van der Waals surface area contributed by atoms with Gasteiger partial charge in [-0.15, -0.1) is 10.2 Å². The van der Waals surface area contributed by atoms with E-state index in [9.17, 15) is 4.79 Å². The molecule has 0 unspecified atom stereocenters. The first-order chi connectivity index (χ1) is 15.1. The standard InChI is InChI=1S/C24H29N5O2/c1-18-8-6-7-9-20(18)16-28-13-12-22-26-27-24(29(22)15-14-28)19(2)25-23(30)17-31-21-10-4-3-5-11-21/h3-11,19H,12-17H2,1-2H3,(H,25,30)/t19-/m0/s1. The molecule has 3 aromatic rings. The maximum atomic E-state index is 12.3. The fourth-order valence-corrected chi connectivity index (χ4v) is 3.91. The van der Waals surface area contributed by atoms with E-state index in [2.05, 4.69) is 56.2 Å². The Balaban J connectivity index is 1.34. The minimum Gasteiger partial charge on any atom is -0.484 e. The number of fused-ring (bicyclic) bond motifs is 1. The molecule has 1 amide bonds. The maximum absolute atomic E-state index is 12.3. The van der Waals surface area contributed by atoms with Gasteiger partial charge in [0.25, 0.3) is 5.91 Å². The number of rotatable bonds is 7. The molecule has 1 atom stereocenters. The second-order valence-electron chi connectivity index (χ2n) is 7.97. The third kappa shape index (κ3) is 5.30. The Morgan fingerprint density at radius 2 is 1.84 bits per heavy atom. The molecule has 31 heavy (non-hydrogen) atoms. The van der Waals surface area contributed by atoms with Crippen molar-refractivity contribution in [1.29, 1.82) is 0 Å². The van der Waals surface area contributed by atoms with Gasteiger partial charge in [0.05, 0.1) is 6.04 Å². The highest BCUT2D eigenvalue weighted by Crippen LogP contribution is 2.18. The third-order valence-corrected chi connectivity index (χ3v) is 5.68. The summed E-state index contributed by atoms with van der Waals surface area (Å²) in [7, 11) is 0. The number of nitrogens with zero attached hydrogens (tertiary/aromatic N) is 4. The molecule has 162 valence electrons. The van der Waals surface area contributed by atoms with E-state index in [1.807, 2.05) is 37.3 Å². The number of hydrogen-bond acceptors (Lipinski definition) is 5. The fraction of sp³-hybridized carbons (Fsp3) is 0.375. The zero-order chi connectivity index (χ0) is 21.6. The number of nitrogens with one attached hydrogen (secondary N) is 1. The Morgan fingerprint density at radius 3 is 2.65 bits per heavy atom. The van der Waals surface area contributed by atoms with Crippen molar-refractivity contribution in [3.8, 4) is 5.75 Å². The molecule has 2 heterocycles. The van der Waals surface area contributed by atoms with Gasteiger partial charge in [0.1, 0.15) is 11.6 Å². The van der Waals surface area contributed by atoms with Gasteiger partial charge in [0.2, 0.25) is 0 Å². The Labute approximate surface area is 183 Å². The van der Waals surface area contributed by atoms with Crippen molar-refractivity contribution in [3.63, 3.8) is 0 Å². The quantitative estimate of drug-likeness (QED) is 0.638. The number of amides is 1. The lowest BCUT2D eigenvalue weighted by Crippen LogP contribution is -2.33. The van der Waals surface area contributed by atoms with Gasteiger partial charge < -0.3 is 14.6 Å². The number of ether oxygens (including phenoxy) is 1. The van der Waals surface area contributed by atoms with Crippen molar-refractivity contribution in [2.45, 2.75) is 39.4 Å². The summed E-state index contributed by atoms with van der Waals surface area (Å²) in [6, 6.07) is 17.6. The van der Waals surface area contributed by atoms with Crippen molar-refractivity contribution in [2.24, 2.45) is 0 Å². The predicted molar refractivity (Wildman–Crippen MR) is 119 cm³/mol. The average molecular weight is 420 g/mol. The number of carbonyl (C=O) groups excluding carboxylic acids is 1. The summed E-state index contributed by atoms with van der Waals surface area (Å²) in [5, 5.41) is 11.8. The monoisotopic (exact) mass is 419 g/mol. The highest BCUT2D eigenvalue weighted by Gasteiger charge is 2.23. The largest absolute Gasteiger partial charge is 0.484 e. The van der Waals surface area contributed by atoms with Crippen LogP contribution in [0.2, 0.25) is 0 Å². The van der Waals surface area contributed by atoms with Crippen LogP contribution in [0.5, 0.6) is 5.75 Å². The summed E-state index contributed by atoms with van der Waals surface area (Å²) >= 11 is 0. The Bertz CT molecular complexity index is 1020. The molecule has 2 aromatic carbocycles. The van der Waals surface area contributed by atoms with Crippen LogP contribution in [-0.4, -0.2) is 45.3 Å². The van der Waals surface area contributed by atoms with Gasteiger partial charge in [-0.05, 0) is 37.1 Å². The molecule has 0 aliphatic carbocycles. The van der Waals surface area contributed by atoms with Crippen LogP contribution in [0.15, 0.2) is 54.6 Å². The highest BCUT2D eigenvalue weighted by molar-refractivity contribution is 5.77. The maximum Gasteiger partial charge on any atom is 0.258 e. The van der Waals surface area contributed by atoms with Crippen molar-refractivity contribution in [2.75, 3.05) is 19.7 Å². The molecule has 1 aromatic heterocycles. The normalized spacial score (nSPS) is 15.0. The summed E-state index contributed by atoms with van der Waals surface area (Å²) < 4.78 is 7.69. The molecule has 1 aliphatic rings. The van der Waals surface area contributed by atoms with Crippen LogP contribution in [0.1, 0.15) is 35.7 Å². The first kappa shape index (κ1) is 21.1. The van der Waals surface area contributed by atoms with Crippen molar-refractivity contribution in [1.82, 2.24) is 25.0 Å². The van der Waals surface area contributed by atoms with E-state index in [0.29, 0.717) is 5.75 Å². The minimum atomic E-state index is -0.240. The van der Waals surface area contributed by atoms with E-state index in [1.54, 1.807) is 0 Å². The first-order valence-corrected chi connectivity index (χ1v) is 10.8. The topological polar surface area (TPSA) is 72.3 Å². The Morgan fingerprint density at radius 1 is 1.06 bits per heavy atom. The van der Waals surface area contributed by atoms with Crippen LogP contribution in [-0.2, 0) is 24.3 Å². The summed E-state index contributed by atoms with van der Waals surface area (Å²) in [5.41, 5.74) is 2.68. The van der Waals surface area contributed by atoms with Crippen molar-refractivity contribution >= 4 is 5.91 Å². The van der Waals surface area contributed by atoms with Gasteiger partial charge >= 0.3 is 0 Å². The number of carbonyl (C=O) groups is 1.